The maximum Gasteiger partial charge on any atom is 0.248 e. The van der Waals surface area contributed by atoms with Crippen molar-refractivity contribution >= 4 is 7.37 Å². The average Bonchev–Trinajstić information content (AvgIpc) is 2.46. The number of nitrogens with one attached hydrogen (secondary N) is 2. The molecule has 1 unspecified atom stereocenters. The number of aromatic amines is 1. The highest BCUT2D eigenvalue weighted by Gasteiger charge is 2.28. The molecule has 0 aromatic carbocycles. The Kier molecular flexibility index (Phi) is 5.76. The minimum atomic E-state index is -3.10. The molecule has 0 bridgehead atoms. The quantitative estimate of drug-likeness (QED) is 0.692. The van der Waals surface area contributed by atoms with E-state index in [9.17, 15) is 14.3 Å². The highest BCUT2D eigenvalue weighted by molar-refractivity contribution is 7.58. The van der Waals surface area contributed by atoms with E-state index in [1.54, 1.807) is 12.3 Å². The molecule has 0 saturated carbocycles. The molecule has 1 fully saturated rings. The standard InChI is InChI=1S/C14H23N2O4P/c1-2-3-6-21(18,19)10-12-8-16-13(9-20-12)11-4-5-15-14(17)7-11/h4-5,7,12-13,16H,2-3,6,8-10H2,1H3,(H,15,17)(H,18,19)/t12-,13-/m1/s1. The summed E-state index contributed by atoms with van der Waals surface area (Å²) in [5.41, 5.74) is 0.728. The molecule has 1 aromatic heterocycles. The Hall–Kier alpha value is -0.940. The predicted molar refractivity (Wildman–Crippen MR) is 82.0 cm³/mol. The van der Waals surface area contributed by atoms with Gasteiger partial charge in [-0.3, -0.25) is 9.36 Å². The van der Waals surface area contributed by atoms with Crippen LogP contribution < -0.4 is 10.9 Å². The molecule has 6 nitrogen and oxygen atoms in total. The Morgan fingerprint density at radius 2 is 2.33 bits per heavy atom. The molecule has 118 valence electrons. The molecule has 3 atom stereocenters. The fourth-order valence-corrected chi connectivity index (χ4v) is 4.31. The second-order valence-electron chi connectivity index (χ2n) is 5.51. The molecule has 7 heteroatoms. The summed E-state index contributed by atoms with van der Waals surface area (Å²) in [6, 6.07) is 3.33. The van der Waals surface area contributed by atoms with E-state index in [0.29, 0.717) is 19.3 Å². The van der Waals surface area contributed by atoms with Gasteiger partial charge in [-0.2, -0.15) is 0 Å². The summed E-state index contributed by atoms with van der Waals surface area (Å²) in [6.07, 6.45) is 3.61. The van der Waals surface area contributed by atoms with Crippen LogP contribution in [-0.4, -0.2) is 41.5 Å². The van der Waals surface area contributed by atoms with E-state index in [1.807, 2.05) is 13.0 Å². The predicted octanol–water partition coefficient (Wildman–Crippen LogP) is 1.47. The van der Waals surface area contributed by atoms with Gasteiger partial charge in [0.1, 0.15) is 0 Å². The van der Waals surface area contributed by atoms with Gasteiger partial charge in [-0.1, -0.05) is 13.3 Å². The number of morpholine rings is 1. The highest BCUT2D eigenvalue weighted by Crippen LogP contribution is 2.42. The van der Waals surface area contributed by atoms with Gasteiger partial charge in [-0.15, -0.1) is 0 Å². The third kappa shape index (κ3) is 5.08. The molecule has 21 heavy (non-hydrogen) atoms. The van der Waals surface area contributed by atoms with Gasteiger partial charge in [0, 0.05) is 25.0 Å². The van der Waals surface area contributed by atoms with E-state index in [-0.39, 0.29) is 23.9 Å². The van der Waals surface area contributed by atoms with Crippen LogP contribution in [0.2, 0.25) is 0 Å². The van der Waals surface area contributed by atoms with Crippen LogP contribution in [0.3, 0.4) is 0 Å². The SMILES string of the molecule is CCCCP(=O)(O)C[C@H]1CN[C@@H](c2cc[nH]c(=O)c2)CO1. The smallest absolute Gasteiger partial charge is 0.248 e. The summed E-state index contributed by atoms with van der Waals surface area (Å²) in [7, 11) is -3.10. The lowest BCUT2D eigenvalue weighted by Gasteiger charge is -2.31. The fraction of sp³-hybridized carbons (Fsp3) is 0.643. The van der Waals surface area contributed by atoms with Gasteiger partial charge >= 0.3 is 0 Å². The first kappa shape index (κ1) is 16.4. The molecule has 1 aliphatic rings. The van der Waals surface area contributed by atoms with Gasteiger partial charge in [0.05, 0.1) is 24.9 Å². The van der Waals surface area contributed by atoms with Crippen LogP contribution in [0.15, 0.2) is 23.1 Å². The highest BCUT2D eigenvalue weighted by atomic mass is 31.2. The Morgan fingerprint density at radius 3 is 2.95 bits per heavy atom. The number of rotatable bonds is 6. The van der Waals surface area contributed by atoms with Crippen LogP contribution >= 0.6 is 7.37 Å². The Balaban J connectivity index is 1.86. The first-order valence-corrected chi connectivity index (χ1v) is 9.37. The maximum absolute atomic E-state index is 12.0. The fourth-order valence-electron chi connectivity index (χ4n) is 2.45. The zero-order valence-electron chi connectivity index (χ0n) is 12.2. The van der Waals surface area contributed by atoms with Gasteiger partial charge in [-0.25, -0.2) is 0 Å². The molecule has 2 heterocycles. The Labute approximate surface area is 124 Å². The number of aromatic nitrogens is 1. The number of H-pyrrole nitrogens is 1. The van der Waals surface area contributed by atoms with E-state index in [4.69, 9.17) is 4.74 Å². The van der Waals surface area contributed by atoms with Crippen molar-refractivity contribution < 1.29 is 14.2 Å². The molecule has 1 aliphatic heterocycles. The summed E-state index contributed by atoms with van der Waals surface area (Å²) >= 11 is 0. The number of pyridine rings is 1. The monoisotopic (exact) mass is 314 g/mol. The topological polar surface area (TPSA) is 91.4 Å². The van der Waals surface area contributed by atoms with Crippen LogP contribution in [-0.2, 0) is 9.30 Å². The number of ether oxygens (including phenoxy) is 1. The molecule has 3 N–H and O–H groups in total. The molecule has 0 spiro atoms. The molecule has 0 radical (unpaired) electrons. The second-order valence-corrected chi connectivity index (χ2v) is 8.01. The first-order chi connectivity index (χ1) is 10.00. The number of unbranched alkanes of at least 4 members (excludes halogenated alkanes) is 1. The number of hydrogen-bond acceptors (Lipinski definition) is 4. The van der Waals surface area contributed by atoms with Crippen molar-refractivity contribution in [2.24, 2.45) is 0 Å². The minimum Gasteiger partial charge on any atom is -0.374 e. The normalized spacial score (nSPS) is 25.4. The van der Waals surface area contributed by atoms with E-state index in [2.05, 4.69) is 10.3 Å². The first-order valence-electron chi connectivity index (χ1n) is 7.34. The second kappa shape index (κ2) is 7.36. The van der Waals surface area contributed by atoms with Crippen LogP contribution in [0, 0.1) is 0 Å². The lowest BCUT2D eigenvalue weighted by atomic mass is 10.1. The summed E-state index contributed by atoms with van der Waals surface area (Å²) in [5.74, 6) is 0. The Morgan fingerprint density at radius 1 is 1.52 bits per heavy atom. The minimum absolute atomic E-state index is 0.0442. The number of hydrogen-bond donors (Lipinski definition) is 3. The van der Waals surface area contributed by atoms with Crippen LogP contribution in [0.25, 0.3) is 0 Å². The molecular formula is C14H23N2O4P. The maximum atomic E-state index is 12.0. The van der Waals surface area contributed by atoms with E-state index < -0.39 is 7.37 Å². The van der Waals surface area contributed by atoms with Gasteiger partial charge in [-0.05, 0) is 18.1 Å². The molecule has 0 aliphatic carbocycles. The average molecular weight is 314 g/mol. The van der Waals surface area contributed by atoms with Crippen molar-refractivity contribution in [1.29, 1.82) is 0 Å². The van der Waals surface area contributed by atoms with Crippen LogP contribution in [0.1, 0.15) is 31.4 Å². The van der Waals surface area contributed by atoms with Crippen molar-refractivity contribution in [2.45, 2.75) is 31.9 Å². The zero-order chi connectivity index (χ0) is 15.3. The van der Waals surface area contributed by atoms with Gasteiger partial charge in [0.15, 0.2) is 0 Å². The summed E-state index contributed by atoms with van der Waals surface area (Å²) < 4.78 is 17.7. The zero-order valence-corrected chi connectivity index (χ0v) is 13.1. The van der Waals surface area contributed by atoms with Gasteiger partial charge in [0.2, 0.25) is 12.9 Å². The van der Waals surface area contributed by atoms with Gasteiger partial charge in [0.25, 0.3) is 0 Å². The molecule has 1 saturated heterocycles. The summed E-state index contributed by atoms with van der Waals surface area (Å²) in [6.45, 7) is 2.93. The molecule has 1 aromatic rings. The summed E-state index contributed by atoms with van der Waals surface area (Å²) in [5, 5.41) is 3.28. The molecule has 0 amide bonds. The van der Waals surface area contributed by atoms with Crippen molar-refractivity contribution in [2.75, 3.05) is 25.5 Å². The van der Waals surface area contributed by atoms with Crippen molar-refractivity contribution in [3.63, 3.8) is 0 Å². The van der Waals surface area contributed by atoms with Crippen molar-refractivity contribution in [3.05, 3.63) is 34.2 Å². The van der Waals surface area contributed by atoms with Crippen molar-refractivity contribution in [1.82, 2.24) is 10.3 Å². The van der Waals surface area contributed by atoms with Gasteiger partial charge < -0.3 is 19.9 Å². The third-order valence-corrected chi connectivity index (χ3v) is 5.63. The van der Waals surface area contributed by atoms with E-state index >= 15 is 0 Å². The Bertz CT molecular complexity index is 552. The largest absolute Gasteiger partial charge is 0.374 e. The van der Waals surface area contributed by atoms with E-state index in [1.165, 1.54) is 0 Å². The lowest BCUT2D eigenvalue weighted by Crippen LogP contribution is -2.43. The lowest BCUT2D eigenvalue weighted by molar-refractivity contribution is 0.0156. The van der Waals surface area contributed by atoms with Crippen LogP contribution in [0.4, 0.5) is 0 Å². The molecule has 2 rings (SSSR count). The van der Waals surface area contributed by atoms with Crippen molar-refractivity contribution in [3.8, 4) is 0 Å². The summed E-state index contributed by atoms with van der Waals surface area (Å²) in [4.78, 5) is 23.8. The van der Waals surface area contributed by atoms with Crippen LogP contribution in [0.5, 0.6) is 0 Å². The third-order valence-electron chi connectivity index (χ3n) is 3.64. The van der Waals surface area contributed by atoms with E-state index in [0.717, 1.165) is 18.4 Å². The molecular weight excluding hydrogens is 291 g/mol.